The summed E-state index contributed by atoms with van der Waals surface area (Å²) in [5.41, 5.74) is 7.24. The summed E-state index contributed by atoms with van der Waals surface area (Å²) in [6, 6.07) is 13.9. The van der Waals surface area contributed by atoms with Gasteiger partial charge in [0.05, 0.1) is 11.6 Å². The van der Waals surface area contributed by atoms with Gasteiger partial charge in [-0.3, -0.25) is 4.79 Å². The Kier molecular flexibility index (Phi) is 2.20. The van der Waals surface area contributed by atoms with E-state index < -0.39 is 6.04 Å². The summed E-state index contributed by atoms with van der Waals surface area (Å²) in [6.07, 6.45) is 0. The van der Waals surface area contributed by atoms with Crippen LogP contribution < -0.4 is 10.5 Å². The molecule has 0 radical (unpaired) electrons. The standard InChI is InChI=1S/C14H11NO2/c15-13-9-5-1-3-7-11(9)17-12-8-4-2-6-10(12)14(13)16/h1-8,13H,15H2. The van der Waals surface area contributed by atoms with Crippen molar-refractivity contribution in [3.05, 3.63) is 59.7 Å². The molecule has 2 aromatic rings. The number of benzene rings is 2. The minimum atomic E-state index is -0.658. The Morgan fingerprint density at radius 2 is 1.59 bits per heavy atom. The van der Waals surface area contributed by atoms with Gasteiger partial charge in [-0.15, -0.1) is 0 Å². The lowest BCUT2D eigenvalue weighted by Crippen LogP contribution is -2.20. The highest BCUT2D eigenvalue weighted by Gasteiger charge is 2.27. The van der Waals surface area contributed by atoms with Crippen molar-refractivity contribution in [2.75, 3.05) is 0 Å². The number of ether oxygens (including phenoxy) is 1. The van der Waals surface area contributed by atoms with Gasteiger partial charge in [0, 0.05) is 5.56 Å². The summed E-state index contributed by atoms with van der Waals surface area (Å²) in [5.74, 6) is 1.11. The first-order valence-electron chi connectivity index (χ1n) is 5.43. The Labute approximate surface area is 98.8 Å². The van der Waals surface area contributed by atoms with Gasteiger partial charge < -0.3 is 10.5 Å². The third kappa shape index (κ3) is 1.52. The van der Waals surface area contributed by atoms with Crippen LogP contribution in [-0.4, -0.2) is 5.78 Å². The number of hydrogen-bond acceptors (Lipinski definition) is 3. The van der Waals surface area contributed by atoms with Crippen LogP contribution in [0, 0.1) is 0 Å². The monoisotopic (exact) mass is 225 g/mol. The zero-order chi connectivity index (χ0) is 11.8. The Hall–Kier alpha value is -2.13. The number of carbonyl (C=O) groups excluding carboxylic acids is 1. The van der Waals surface area contributed by atoms with Crippen LogP contribution in [0.2, 0.25) is 0 Å². The molecule has 0 bridgehead atoms. The molecule has 1 heterocycles. The second-order valence-electron chi connectivity index (χ2n) is 3.98. The average molecular weight is 225 g/mol. The molecule has 0 saturated heterocycles. The van der Waals surface area contributed by atoms with Crippen molar-refractivity contribution in [3.63, 3.8) is 0 Å². The molecule has 0 fully saturated rings. The third-order valence-corrected chi connectivity index (χ3v) is 2.91. The zero-order valence-corrected chi connectivity index (χ0v) is 9.09. The van der Waals surface area contributed by atoms with Crippen molar-refractivity contribution in [2.24, 2.45) is 5.73 Å². The highest BCUT2D eigenvalue weighted by Crippen LogP contribution is 2.36. The number of rotatable bonds is 0. The molecule has 0 aromatic heterocycles. The first-order chi connectivity index (χ1) is 8.27. The van der Waals surface area contributed by atoms with Gasteiger partial charge in [-0.25, -0.2) is 0 Å². The van der Waals surface area contributed by atoms with Crippen molar-refractivity contribution in [2.45, 2.75) is 6.04 Å². The number of para-hydroxylation sites is 2. The van der Waals surface area contributed by atoms with E-state index in [0.717, 1.165) is 5.56 Å². The van der Waals surface area contributed by atoms with Crippen molar-refractivity contribution >= 4 is 5.78 Å². The molecule has 1 aliphatic rings. The number of ketones is 1. The largest absolute Gasteiger partial charge is 0.456 e. The molecule has 3 nitrogen and oxygen atoms in total. The first-order valence-corrected chi connectivity index (χ1v) is 5.43. The van der Waals surface area contributed by atoms with E-state index in [1.165, 1.54) is 0 Å². The van der Waals surface area contributed by atoms with E-state index in [9.17, 15) is 4.79 Å². The minimum Gasteiger partial charge on any atom is -0.456 e. The van der Waals surface area contributed by atoms with Crippen LogP contribution in [0.5, 0.6) is 11.5 Å². The number of Topliss-reactive ketones (excluding diaryl/α,β-unsaturated/α-hetero) is 1. The molecule has 2 N–H and O–H groups in total. The Morgan fingerprint density at radius 3 is 2.41 bits per heavy atom. The molecule has 3 heteroatoms. The molecule has 1 unspecified atom stereocenters. The third-order valence-electron chi connectivity index (χ3n) is 2.91. The Balaban J connectivity index is 2.24. The normalized spacial score (nSPS) is 17.7. The van der Waals surface area contributed by atoms with E-state index in [0.29, 0.717) is 17.1 Å². The smallest absolute Gasteiger partial charge is 0.187 e. The molecule has 17 heavy (non-hydrogen) atoms. The van der Waals surface area contributed by atoms with Gasteiger partial charge in [0.15, 0.2) is 5.78 Å². The molecule has 3 rings (SSSR count). The second-order valence-corrected chi connectivity index (χ2v) is 3.98. The highest BCUT2D eigenvalue weighted by atomic mass is 16.5. The van der Waals surface area contributed by atoms with Crippen LogP contribution >= 0.6 is 0 Å². The zero-order valence-electron chi connectivity index (χ0n) is 9.09. The lowest BCUT2D eigenvalue weighted by Gasteiger charge is -2.09. The van der Waals surface area contributed by atoms with Crippen molar-refractivity contribution in [1.82, 2.24) is 0 Å². The van der Waals surface area contributed by atoms with Crippen LogP contribution in [-0.2, 0) is 0 Å². The van der Waals surface area contributed by atoms with Gasteiger partial charge in [-0.1, -0.05) is 30.3 Å². The lowest BCUT2D eigenvalue weighted by molar-refractivity contribution is 0.0962. The predicted molar refractivity (Wildman–Crippen MR) is 64.2 cm³/mol. The van der Waals surface area contributed by atoms with Gasteiger partial charge in [-0.05, 0) is 18.2 Å². The number of fused-ring (bicyclic) bond motifs is 2. The maximum atomic E-state index is 12.2. The molecule has 84 valence electrons. The molecule has 1 aliphatic heterocycles. The average Bonchev–Trinajstić information content (AvgIpc) is 2.48. The SMILES string of the molecule is NC1C(=O)c2ccccc2Oc2ccccc21. The van der Waals surface area contributed by atoms with Crippen LogP contribution in [0.3, 0.4) is 0 Å². The fourth-order valence-corrected chi connectivity index (χ4v) is 2.02. The summed E-state index contributed by atoms with van der Waals surface area (Å²) < 4.78 is 5.74. The van der Waals surface area contributed by atoms with Crippen LogP contribution in [0.15, 0.2) is 48.5 Å². The summed E-state index contributed by atoms with van der Waals surface area (Å²) in [5, 5.41) is 0. The van der Waals surface area contributed by atoms with Crippen LogP contribution in [0.4, 0.5) is 0 Å². The van der Waals surface area contributed by atoms with E-state index >= 15 is 0 Å². The molecule has 0 amide bonds. The summed E-state index contributed by atoms with van der Waals surface area (Å²) >= 11 is 0. The Bertz CT molecular complexity index is 592. The summed E-state index contributed by atoms with van der Waals surface area (Å²) in [7, 11) is 0. The molecular weight excluding hydrogens is 214 g/mol. The number of carbonyl (C=O) groups is 1. The van der Waals surface area contributed by atoms with Gasteiger partial charge in [-0.2, -0.15) is 0 Å². The summed E-state index contributed by atoms with van der Waals surface area (Å²) in [6.45, 7) is 0. The maximum absolute atomic E-state index is 12.2. The topological polar surface area (TPSA) is 52.3 Å². The lowest BCUT2D eigenvalue weighted by atomic mass is 9.98. The highest BCUT2D eigenvalue weighted by molar-refractivity contribution is 6.03. The van der Waals surface area contributed by atoms with E-state index in [4.69, 9.17) is 10.5 Å². The second kappa shape index (κ2) is 3.71. The van der Waals surface area contributed by atoms with Crippen LogP contribution in [0.1, 0.15) is 22.0 Å². The molecule has 0 aliphatic carbocycles. The van der Waals surface area contributed by atoms with Gasteiger partial charge in [0.2, 0.25) is 0 Å². The van der Waals surface area contributed by atoms with Crippen molar-refractivity contribution in [3.8, 4) is 11.5 Å². The molecular formula is C14H11NO2. The van der Waals surface area contributed by atoms with Gasteiger partial charge in [0.1, 0.15) is 11.5 Å². The van der Waals surface area contributed by atoms with Crippen molar-refractivity contribution in [1.29, 1.82) is 0 Å². The first kappa shape index (κ1) is 10.1. The number of hydrogen-bond donors (Lipinski definition) is 1. The van der Waals surface area contributed by atoms with E-state index in [1.807, 2.05) is 36.4 Å². The Morgan fingerprint density at radius 1 is 0.941 bits per heavy atom. The quantitative estimate of drug-likeness (QED) is 0.749. The number of nitrogens with two attached hydrogens (primary N) is 1. The fraction of sp³-hybridized carbons (Fsp3) is 0.0714. The predicted octanol–water partition coefficient (Wildman–Crippen LogP) is 2.68. The molecule has 2 aromatic carbocycles. The van der Waals surface area contributed by atoms with Crippen molar-refractivity contribution < 1.29 is 9.53 Å². The van der Waals surface area contributed by atoms with Gasteiger partial charge in [0.25, 0.3) is 0 Å². The summed E-state index contributed by atoms with van der Waals surface area (Å²) in [4.78, 5) is 12.2. The van der Waals surface area contributed by atoms with E-state index in [2.05, 4.69) is 0 Å². The molecule has 0 spiro atoms. The van der Waals surface area contributed by atoms with Crippen LogP contribution in [0.25, 0.3) is 0 Å². The fourth-order valence-electron chi connectivity index (χ4n) is 2.02. The van der Waals surface area contributed by atoms with Gasteiger partial charge >= 0.3 is 0 Å². The molecule has 1 atom stereocenters. The maximum Gasteiger partial charge on any atom is 0.187 e. The van der Waals surface area contributed by atoms with E-state index in [1.54, 1.807) is 12.1 Å². The minimum absolute atomic E-state index is 0.106. The molecule has 0 saturated carbocycles. The van der Waals surface area contributed by atoms with E-state index in [-0.39, 0.29) is 5.78 Å².